The summed E-state index contributed by atoms with van der Waals surface area (Å²) in [6.45, 7) is 0. The molecule has 2 aliphatic rings. The van der Waals surface area contributed by atoms with Gasteiger partial charge in [-0.15, -0.1) is 0 Å². The van der Waals surface area contributed by atoms with E-state index < -0.39 is 17.1 Å². The Hall–Kier alpha value is -2.21. The number of phenolic OH excluding ortho intramolecular Hbond substituents is 3. The third-order valence-corrected chi connectivity index (χ3v) is 5.54. The highest BCUT2D eigenvalue weighted by molar-refractivity contribution is 9.10. The molecule has 1 spiro atoms. The summed E-state index contributed by atoms with van der Waals surface area (Å²) < 4.78 is 6.05. The van der Waals surface area contributed by atoms with E-state index in [4.69, 9.17) is 4.74 Å². The first-order chi connectivity index (χ1) is 10.9. The fraction of sp³-hybridized carbons (Fsp3) is 0.235. The van der Waals surface area contributed by atoms with Crippen LogP contribution in [-0.2, 0) is 16.6 Å². The van der Waals surface area contributed by atoms with Crippen molar-refractivity contribution in [1.29, 1.82) is 0 Å². The van der Waals surface area contributed by atoms with Crippen LogP contribution in [0.2, 0.25) is 0 Å². The van der Waals surface area contributed by atoms with Gasteiger partial charge in [0.2, 0.25) is 5.75 Å². The number of carbonyl (C=O) groups excluding carboxylic acids is 1. The second kappa shape index (κ2) is 4.64. The zero-order chi connectivity index (χ0) is 16.4. The summed E-state index contributed by atoms with van der Waals surface area (Å²) in [5.41, 5.74) is 1.51. The average Bonchev–Trinajstić information content (AvgIpc) is 2.88. The molecule has 0 amide bonds. The lowest BCUT2D eigenvalue weighted by Gasteiger charge is -2.35. The largest absolute Gasteiger partial charge is 0.508 e. The molecule has 0 saturated carbocycles. The highest BCUT2D eigenvalue weighted by Crippen LogP contribution is 2.58. The van der Waals surface area contributed by atoms with Crippen LogP contribution in [-0.4, -0.2) is 21.3 Å². The molecular formula is C17H13BrO5. The van der Waals surface area contributed by atoms with Crippen LogP contribution in [0.4, 0.5) is 0 Å². The van der Waals surface area contributed by atoms with Crippen molar-refractivity contribution >= 4 is 21.9 Å². The molecular weight excluding hydrogens is 364 g/mol. The number of rotatable bonds is 0. The summed E-state index contributed by atoms with van der Waals surface area (Å²) >= 11 is 3.50. The molecule has 2 aromatic rings. The second-order valence-electron chi connectivity index (χ2n) is 5.96. The number of carbonyl (C=O) groups is 1. The minimum Gasteiger partial charge on any atom is -0.508 e. The van der Waals surface area contributed by atoms with E-state index in [0.717, 1.165) is 10.0 Å². The molecule has 118 valence electrons. The van der Waals surface area contributed by atoms with Crippen LogP contribution >= 0.6 is 15.9 Å². The summed E-state index contributed by atoms with van der Waals surface area (Å²) in [5, 5.41) is 30.2. The van der Waals surface area contributed by atoms with Crippen LogP contribution < -0.4 is 4.74 Å². The van der Waals surface area contributed by atoms with Crippen molar-refractivity contribution in [3.05, 3.63) is 45.4 Å². The van der Waals surface area contributed by atoms with Gasteiger partial charge in [-0.25, -0.2) is 0 Å². The van der Waals surface area contributed by atoms with Crippen molar-refractivity contribution < 1.29 is 24.9 Å². The Morgan fingerprint density at radius 1 is 1.09 bits per heavy atom. The molecule has 5 nitrogen and oxygen atoms in total. The second-order valence-corrected chi connectivity index (χ2v) is 6.82. The van der Waals surface area contributed by atoms with E-state index in [2.05, 4.69) is 15.9 Å². The highest BCUT2D eigenvalue weighted by atomic mass is 79.9. The van der Waals surface area contributed by atoms with E-state index in [-0.39, 0.29) is 23.7 Å². The van der Waals surface area contributed by atoms with Gasteiger partial charge in [0.05, 0.1) is 6.42 Å². The molecule has 0 fully saturated rings. The summed E-state index contributed by atoms with van der Waals surface area (Å²) in [6, 6.07) is 6.40. The van der Waals surface area contributed by atoms with E-state index in [9.17, 15) is 20.1 Å². The fourth-order valence-corrected chi connectivity index (χ4v) is 4.36. The van der Waals surface area contributed by atoms with Crippen LogP contribution in [0.5, 0.6) is 23.0 Å². The lowest BCUT2D eigenvalue weighted by atomic mass is 9.71. The van der Waals surface area contributed by atoms with E-state index in [1.165, 1.54) is 6.07 Å². The Balaban J connectivity index is 2.06. The third kappa shape index (κ3) is 1.81. The van der Waals surface area contributed by atoms with Gasteiger partial charge in [0.1, 0.15) is 5.75 Å². The predicted octanol–water partition coefficient (Wildman–Crippen LogP) is 3.11. The van der Waals surface area contributed by atoms with Crippen molar-refractivity contribution in [3.63, 3.8) is 0 Å². The Morgan fingerprint density at radius 3 is 2.61 bits per heavy atom. The first-order valence-corrected chi connectivity index (χ1v) is 8.00. The van der Waals surface area contributed by atoms with Crippen LogP contribution in [0.1, 0.15) is 29.5 Å². The van der Waals surface area contributed by atoms with Crippen molar-refractivity contribution in [2.75, 3.05) is 0 Å². The number of hydrogen-bond donors (Lipinski definition) is 3. The zero-order valence-corrected chi connectivity index (χ0v) is 13.6. The minimum atomic E-state index is -0.751. The first-order valence-electron chi connectivity index (χ1n) is 7.21. The molecule has 1 aliphatic heterocycles. The van der Waals surface area contributed by atoms with Crippen molar-refractivity contribution in [3.8, 4) is 23.0 Å². The SMILES string of the molecule is O=C1CC2(CCc3c(Br)ccc(O)c32)c2ccc(O)c(O)c2O1. The Morgan fingerprint density at radius 2 is 1.83 bits per heavy atom. The van der Waals surface area contributed by atoms with Crippen molar-refractivity contribution in [1.82, 2.24) is 0 Å². The summed E-state index contributed by atoms with van der Waals surface area (Å²) in [4.78, 5) is 12.1. The molecule has 4 rings (SSSR count). The summed E-state index contributed by atoms with van der Waals surface area (Å²) in [7, 11) is 0. The minimum absolute atomic E-state index is 0.0199. The Labute approximate surface area is 140 Å². The molecule has 0 radical (unpaired) electrons. The van der Waals surface area contributed by atoms with Gasteiger partial charge in [-0.1, -0.05) is 22.0 Å². The van der Waals surface area contributed by atoms with Gasteiger partial charge >= 0.3 is 5.97 Å². The molecule has 1 heterocycles. The molecule has 0 saturated heterocycles. The topological polar surface area (TPSA) is 87.0 Å². The monoisotopic (exact) mass is 376 g/mol. The molecule has 2 aromatic carbocycles. The number of benzene rings is 2. The molecule has 0 bridgehead atoms. The van der Waals surface area contributed by atoms with Gasteiger partial charge in [-0.05, 0) is 36.6 Å². The third-order valence-electron chi connectivity index (χ3n) is 4.80. The van der Waals surface area contributed by atoms with Crippen LogP contribution in [0.3, 0.4) is 0 Å². The van der Waals surface area contributed by atoms with Crippen LogP contribution in [0.15, 0.2) is 28.7 Å². The first kappa shape index (κ1) is 14.4. The van der Waals surface area contributed by atoms with Gasteiger partial charge in [-0.3, -0.25) is 4.79 Å². The molecule has 1 atom stereocenters. The molecule has 3 N–H and O–H groups in total. The number of fused-ring (bicyclic) bond motifs is 4. The quantitative estimate of drug-likeness (QED) is 0.373. The van der Waals surface area contributed by atoms with E-state index in [0.29, 0.717) is 24.0 Å². The Bertz CT molecular complexity index is 861. The van der Waals surface area contributed by atoms with Gasteiger partial charge < -0.3 is 20.1 Å². The van der Waals surface area contributed by atoms with Crippen LogP contribution in [0.25, 0.3) is 0 Å². The lowest BCUT2D eigenvalue weighted by molar-refractivity contribution is -0.137. The predicted molar refractivity (Wildman–Crippen MR) is 84.9 cm³/mol. The van der Waals surface area contributed by atoms with Crippen molar-refractivity contribution in [2.24, 2.45) is 0 Å². The highest BCUT2D eigenvalue weighted by Gasteiger charge is 2.50. The van der Waals surface area contributed by atoms with Gasteiger partial charge in [0.15, 0.2) is 11.5 Å². The average molecular weight is 377 g/mol. The lowest BCUT2D eigenvalue weighted by Crippen LogP contribution is -2.35. The van der Waals surface area contributed by atoms with E-state index >= 15 is 0 Å². The Kier molecular flexibility index (Phi) is 2.90. The standard InChI is InChI=1S/C17H13BrO5/c18-10-2-4-11(19)14-8(10)5-6-17(14)7-13(21)23-16-9(17)1-3-12(20)15(16)22/h1-4,19-20,22H,5-7H2. The normalized spacial score (nSPS) is 21.9. The van der Waals surface area contributed by atoms with E-state index in [1.807, 2.05) is 0 Å². The molecule has 1 aliphatic carbocycles. The van der Waals surface area contributed by atoms with Crippen molar-refractivity contribution in [2.45, 2.75) is 24.7 Å². The number of phenols is 3. The molecule has 0 aromatic heterocycles. The number of aromatic hydroxyl groups is 3. The number of hydrogen-bond acceptors (Lipinski definition) is 5. The maximum atomic E-state index is 12.1. The number of ether oxygens (including phenoxy) is 1. The summed E-state index contributed by atoms with van der Waals surface area (Å²) in [5.74, 6) is -1.18. The maximum Gasteiger partial charge on any atom is 0.312 e. The number of esters is 1. The molecule has 23 heavy (non-hydrogen) atoms. The van der Waals surface area contributed by atoms with Crippen LogP contribution in [0, 0.1) is 0 Å². The van der Waals surface area contributed by atoms with Gasteiger partial charge in [0.25, 0.3) is 0 Å². The number of halogens is 1. The summed E-state index contributed by atoms with van der Waals surface area (Å²) in [6.07, 6.45) is 1.39. The van der Waals surface area contributed by atoms with Gasteiger partial charge in [0, 0.05) is 21.0 Å². The smallest absolute Gasteiger partial charge is 0.312 e. The van der Waals surface area contributed by atoms with E-state index in [1.54, 1.807) is 18.2 Å². The zero-order valence-electron chi connectivity index (χ0n) is 12.0. The molecule has 1 unspecified atom stereocenters. The fourth-order valence-electron chi connectivity index (χ4n) is 3.83. The maximum absolute atomic E-state index is 12.1. The van der Waals surface area contributed by atoms with Gasteiger partial charge in [-0.2, -0.15) is 0 Å². The molecule has 6 heteroatoms.